The van der Waals surface area contributed by atoms with Crippen molar-refractivity contribution in [1.29, 1.82) is 0 Å². The predicted molar refractivity (Wildman–Crippen MR) is 82.0 cm³/mol. The van der Waals surface area contributed by atoms with E-state index in [1.54, 1.807) is 18.2 Å². The Balaban J connectivity index is 2.07. The molecule has 0 saturated carbocycles. The molecule has 0 fully saturated rings. The summed E-state index contributed by atoms with van der Waals surface area (Å²) in [6.07, 6.45) is 0. The molecule has 3 aromatic carbocycles. The fourth-order valence-electron chi connectivity index (χ4n) is 2.47. The Morgan fingerprint density at radius 1 is 0.667 bits per heavy atom. The molecule has 0 unspecified atom stereocenters. The number of hydrogen-bond acceptors (Lipinski definition) is 0. The summed E-state index contributed by atoms with van der Waals surface area (Å²) in [5, 5.41) is 0. The van der Waals surface area contributed by atoms with Crippen molar-refractivity contribution in [3.8, 4) is 22.3 Å². The van der Waals surface area contributed by atoms with Gasteiger partial charge >= 0.3 is 0 Å². The first-order valence-corrected chi connectivity index (χ1v) is 6.76. The Morgan fingerprint density at radius 3 is 2.14 bits per heavy atom. The quantitative estimate of drug-likeness (QED) is 0.572. The van der Waals surface area contributed by atoms with Crippen molar-refractivity contribution in [2.45, 2.75) is 6.92 Å². The second-order valence-corrected chi connectivity index (χ2v) is 5.02. The Hall–Kier alpha value is -2.48. The lowest BCUT2D eigenvalue weighted by atomic mass is 9.97. The van der Waals surface area contributed by atoms with Gasteiger partial charge in [-0.15, -0.1) is 0 Å². The normalized spacial score (nSPS) is 10.6. The topological polar surface area (TPSA) is 0 Å². The number of halogens is 2. The molecule has 0 N–H and O–H groups in total. The molecule has 0 spiro atoms. The minimum Gasteiger partial charge on any atom is -0.207 e. The van der Waals surface area contributed by atoms with E-state index in [-0.39, 0.29) is 11.6 Å². The molecule has 2 heteroatoms. The zero-order chi connectivity index (χ0) is 14.8. The molecule has 21 heavy (non-hydrogen) atoms. The first-order chi connectivity index (χ1) is 10.1. The summed E-state index contributed by atoms with van der Waals surface area (Å²) in [5.41, 5.74) is 3.87. The van der Waals surface area contributed by atoms with Crippen molar-refractivity contribution in [2.75, 3.05) is 0 Å². The van der Waals surface area contributed by atoms with Crippen molar-refractivity contribution < 1.29 is 8.78 Å². The first kappa shape index (κ1) is 13.5. The van der Waals surface area contributed by atoms with Crippen LogP contribution in [-0.2, 0) is 0 Å². The van der Waals surface area contributed by atoms with E-state index in [1.165, 1.54) is 18.2 Å². The maximum Gasteiger partial charge on any atom is 0.131 e. The largest absolute Gasteiger partial charge is 0.207 e. The molecule has 0 aliphatic rings. The van der Waals surface area contributed by atoms with Gasteiger partial charge in [0, 0.05) is 5.56 Å². The van der Waals surface area contributed by atoms with Crippen LogP contribution in [0.25, 0.3) is 22.3 Å². The maximum atomic E-state index is 14.4. The van der Waals surface area contributed by atoms with E-state index < -0.39 is 0 Å². The van der Waals surface area contributed by atoms with Gasteiger partial charge in [0.15, 0.2) is 0 Å². The minimum atomic E-state index is -0.366. The molecule has 0 radical (unpaired) electrons. The monoisotopic (exact) mass is 280 g/mol. The molecule has 3 rings (SSSR count). The molecule has 0 heterocycles. The van der Waals surface area contributed by atoms with Crippen molar-refractivity contribution in [3.05, 3.63) is 83.9 Å². The average molecular weight is 280 g/mol. The maximum absolute atomic E-state index is 14.4. The highest BCUT2D eigenvalue weighted by molar-refractivity contribution is 5.72. The summed E-state index contributed by atoms with van der Waals surface area (Å²) in [4.78, 5) is 0. The highest BCUT2D eigenvalue weighted by Crippen LogP contribution is 2.29. The smallest absolute Gasteiger partial charge is 0.131 e. The van der Waals surface area contributed by atoms with Gasteiger partial charge in [0.1, 0.15) is 11.6 Å². The second-order valence-electron chi connectivity index (χ2n) is 5.02. The third-order valence-corrected chi connectivity index (χ3v) is 3.56. The van der Waals surface area contributed by atoms with Crippen LogP contribution in [0.4, 0.5) is 8.78 Å². The van der Waals surface area contributed by atoms with E-state index in [4.69, 9.17) is 0 Å². The summed E-state index contributed by atoms with van der Waals surface area (Å²) in [6.45, 7) is 1.99. The Bertz CT molecular complexity index is 791. The van der Waals surface area contributed by atoms with Gasteiger partial charge in [-0.05, 0) is 47.4 Å². The fourth-order valence-corrected chi connectivity index (χ4v) is 2.47. The van der Waals surface area contributed by atoms with E-state index in [2.05, 4.69) is 0 Å². The summed E-state index contributed by atoms with van der Waals surface area (Å²) < 4.78 is 27.6. The summed E-state index contributed by atoms with van der Waals surface area (Å²) in [6, 6.07) is 18.9. The highest BCUT2D eigenvalue weighted by atomic mass is 19.1. The van der Waals surface area contributed by atoms with Crippen LogP contribution in [0, 0.1) is 18.6 Å². The van der Waals surface area contributed by atoms with Gasteiger partial charge < -0.3 is 0 Å². The Morgan fingerprint density at radius 2 is 1.43 bits per heavy atom. The van der Waals surface area contributed by atoms with Crippen LogP contribution in [0.15, 0.2) is 66.7 Å². The van der Waals surface area contributed by atoms with Crippen molar-refractivity contribution in [2.24, 2.45) is 0 Å². The molecule has 0 bridgehead atoms. The minimum absolute atomic E-state index is 0.346. The Kier molecular flexibility index (Phi) is 3.53. The van der Waals surface area contributed by atoms with Gasteiger partial charge in [0.25, 0.3) is 0 Å². The van der Waals surface area contributed by atoms with E-state index >= 15 is 0 Å². The SMILES string of the molecule is Cc1ccccc1-c1ccc(-c2cccc(F)c2)c(F)c1. The number of benzene rings is 3. The number of rotatable bonds is 2. The number of hydrogen-bond donors (Lipinski definition) is 0. The van der Waals surface area contributed by atoms with Crippen LogP contribution >= 0.6 is 0 Å². The summed E-state index contributed by atoms with van der Waals surface area (Å²) in [5.74, 6) is -0.712. The van der Waals surface area contributed by atoms with E-state index in [0.29, 0.717) is 11.1 Å². The zero-order valence-corrected chi connectivity index (χ0v) is 11.6. The Labute approximate surface area is 122 Å². The van der Waals surface area contributed by atoms with E-state index in [0.717, 1.165) is 16.7 Å². The second kappa shape index (κ2) is 5.49. The third kappa shape index (κ3) is 2.70. The first-order valence-electron chi connectivity index (χ1n) is 6.76. The summed E-state index contributed by atoms with van der Waals surface area (Å²) >= 11 is 0. The van der Waals surface area contributed by atoms with Gasteiger partial charge in [0.05, 0.1) is 0 Å². The van der Waals surface area contributed by atoms with Crippen LogP contribution in [0.2, 0.25) is 0 Å². The van der Waals surface area contributed by atoms with Gasteiger partial charge in [0.2, 0.25) is 0 Å². The van der Waals surface area contributed by atoms with E-state index in [1.807, 2.05) is 37.3 Å². The van der Waals surface area contributed by atoms with Crippen molar-refractivity contribution in [1.82, 2.24) is 0 Å². The molecule has 0 aromatic heterocycles. The molecule has 0 amide bonds. The molecule has 3 aromatic rings. The molecule has 0 aliphatic heterocycles. The van der Waals surface area contributed by atoms with Crippen molar-refractivity contribution >= 4 is 0 Å². The highest BCUT2D eigenvalue weighted by Gasteiger charge is 2.09. The van der Waals surface area contributed by atoms with Crippen LogP contribution in [-0.4, -0.2) is 0 Å². The lowest BCUT2D eigenvalue weighted by molar-refractivity contribution is 0.625. The molecule has 104 valence electrons. The van der Waals surface area contributed by atoms with E-state index in [9.17, 15) is 8.78 Å². The standard InChI is InChI=1S/C19H14F2/c1-13-5-2-3-8-17(13)15-9-10-18(19(21)12-15)14-6-4-7-16(20)11-14/h2-12H,1H3. The predicted octanol–water partition coefficient (Wildman–Crippen LogP) is 5.61. The van der Waals surface area contributed by atoms with Crippen molar-refractivity contribution in [3.63, 3.8) is 0 Å². The molecule has 0 nitrogen and oxygen atoms in total. The van der Waals surface area contributed by atoms with Crippen LogP contribution < -0.4 is 0 Å². The third-order valence-electron chi connectivity index (χ3n) is 3.56. The van der Waals surface area contributed by atoms with Crippen LogP contribution in [0.3, 0.4) is 0 Å². The summed E-state index contributed by atoms with van der Waals surface area (Å²) in [7, 11) is 0. The van der Waals surface area contributed by atoms with Gasteiger partial charge in [-0.1, -0.05) is 48.5 Å². The molecular weight excluding hydrogens is 266 g/mol. The van der Waals surface area contributed by atoms with Crippen LogP contribution in [0.5, 0.6) is 0 Å². The van der Waals surface area contributed by atoms with Gasteiger partial charge in [-0.3, -0.25) is 0 Å². The molecule has 0 aliphatic carbocycles. The van der Waals surface area contributed by atoms with Gasteiger partial charge in [-0.2, -0.15) is 0 Å². The zero-order valence-electron chi connectivity index (χ0n) is 11.6. The molecule has 0 atom stereocenters. The lowest BCUT2D eigenvalue weighted by Gasteiger charge is -2.09. The number of aryl methyl sites for hydroxylation is 1. The fraction of sp³-hybridized carbons (Fsp3) is 0.0526. The van der Waals surface area contributed by atoms with Crippen LogP contribution in [0.1, 0.15) is 5.56 Å². The average Bonchev–Trinajstić information content (AvgIpc) is 2.47. The molecule has 0 saturated heterocycles. The molecular formula is C19H14F2. The lowest BCUT2D eigenvalue weighted by Crippen LogP contribution is -1.89. The van der Waals surface area contributed by atoms with Gasteiger partial charge in [-0.25, -0.2) is 8.78 Å².